The topological polar surface area (TPSA) is 26.0 Å². The van der Waals surface area contributed by atoms with Crippen molar-refractivity contribution >= 4 is 0 Å². The summed E-state index contributed by atoms with van der Waals surface area (Å²) in [4.78, 5) is 0. The van der Waals surface area contributed by atoms with Crippen LogP contribution in [0.5, 0.6) is 0 Å². The van der Waals surface area contributed by atoms with Gasteiger partial charge in [-0.2, -0.15) is 0 Å². The molecular formula is C15H25N. The summed E-state index contributed by atoms with van der Waals surface area (Å²) in [5.74, 6) is 0. The third-order valence-electron chi connectivity index (χ3n) is 3.19. The van der Waals surface area contributed by atoms with Crippen LogP contribution in [0.3, 0.4) is 0 Å². The van der Waals surface area contributed by atoms with Crippen molar-refractivity contribution < 1.29 is 0 Å². The Bertz CT molecular complexity index is 317. The van der Waals surface area contributed by atoms with Gasteiger partial charge in [0.15, 0.2) is 0 Å². The van der Waals surface area contributed by atoms with E-state index in [0.29, 0.717) is 0 Å². The van der Waals surface area contributed by atoms with Gasteiger partial charge in [0, 0.05) is 6.04 Å². The molecule has 0 saturated heterocycles. The maximum absolute atomic E-state index is 6.23. The van der Waals surface area contributed by atoms with Gasteiger partial charge in [-0.15, -0.1) is 0 Å². The maximum Gasteiger partial charge on any atom is 0.0297 e. The summed E-state index contributed by atoms with van der Waals surface area (Å²) in [6.07, 6.45) is 6.31. The van der Waals surface area contributed by atoms with Crippen LogP contribution < -0.4 is 5.73 Å². The number of hydrogen-bond acceptors (Lipinski definition) is 1. The number of nitrogens with two attached hydrogens (primary N) is 1. The fourth-order valence-corrected chi connectivity index (χ4v) is 2.19. The Morgan fingerprint density at radius 1 is 1.12 bits per heavy atom. The van der Waals surface area contributed by atoms with E-state index >= 15 is 0 Å². The van der Waals surface area contributed by atoms with Crippen molar-refractivity contribution in [1.29, 1.82) is 0 Å². The number of benzene rings is 1. The summed E-state index contributed by atoms with van der Waals surface area (Å²) in [5.41, 5.74) is 10.2. The van der Waals surface area contributed by atoms with E-state index in [9.17, 15) is 0 Å². The first-order valence-corrected chi connectivity index (χ1v) is 6.48. The molecule has 0 aliphatic rings. The molecule has 1 nitrogen and oxygen atoms in total. The molecule has 0 amide bonds. The van der Waals surface area contributed by atoms with Gasteiger partial charge in [0.1, 0.15) is 0 Å². The molecule has 1 aromatic carbocycles. The van der Waals surface area contributed by atoms with E-state index in [4.69, 9.17) is 5.73 Å². The van der Waals surface area contributed by atoms with Crippen LogP contribution in [0.2, 0.25) is 0 Å². The van der Waals surface area contributed by atoms with Gasteiger partial charge in [0.05, 0.1) is 0 Å². The van der Waals surface area contributed by atoms with Gasteiger partial charge in [-0.25, -0.2) is 0 Å². The second-order valence-electron chi connectivity index (χ2n) is 4.82. The fourth-order valence-electron chi connectivity index (χ4n) is 2.19. The highest BCUT2D eigenvalue weighted by Crippen LogP contribution is 2.21. The molecule has 0 aliphatic heterocycles. The first-order valence-electron chi connectivity index (χ1n) is 6.48. The van der Waals surface area contributed by atoms with E-state index in [1.807, 2.05) is 0 Å². The summed E-state index contributed by atoms with van der Waals surface area (Å²) < 4.78 is 0. The summed E-state index contributed by atoms with van der Waals surface area (Å²) in [5, 5.41) is 0. The highest BCUT2D eigenvalue weighted by molar-refractivity contribution is 5.32. The molecule has 0 radical (unpaired) electrons. The SMILES string of the molecule is CCCCCCC(N)c1ccc(C)cc1C. The summed E-state index contributed by atoms with van der Waals surface area (Å²) in [6.45, 7) is 6.53. The lowest BCUT2D eigenvalue weighted by molar-refractivity contribution is 0.564. The van der Waals surface area contributed by atoms with Gasteiger partial charge in [0.2, 0.25) is 0 Å². The van der Waals surface area contributed by atoms with Crippen molar-refractivity contribution in [3.05, 3.63) is 34.9 Å². The predicted molar refractivity (Wildman–Crippen MR) is 71.6 cm³/mol. The normalized spacial score (nSPS) is 12.8. The number of rotatable bonds is 6. The van der Waals surface area contributed by atoms with Crippen molar-refractivity contribution in [3.8, 4) is 0 Å². The van der Waals surface area contributed by atoms with Gasteiger partial charge < -0.3 is 5.73 Å². The quantitative estimate of drug-likeness (QED) is 0.710. The Kier molecular flexibility index (Phi) is 5.54. The van der Waals surface area contributed by atoms with Crippen molar-refractivity contribution in [2.45, 2.75) is 58.9 Å². The minimum Gasteiger partial charge on any atom is -0.324 e. The summed E-state index contributed by atoms with van der Waals surface area (Å²) in [7, 11) is 0. The van der Waals surface area contributed by atoms with E-state index in [1.54, 1.807) is 0 Å². The van der Waals surface area contributed by atoms with Gasteiger partial charge >= 0.3 is 0 Å². The Labute approximate surface area is 100 Å². The highest BCUT2D eigenvalue weighted by atomic mass is 14.6. The van der Waals surface area contributed by atoms with Crippen LogP contribution in [0.4, 0.5) is 0 Å². The molecule has 1 atom stereocenters. The zero-order valence-corrected chi connectivity index (χ0v) is 10.9. The maximum atomic E-state index is 6.23. The van der Waals surface area contributed by atoms with Gasteiger partial charge in [-0.3, -0.25) is 0 Å². The Morgan fingerprint density at radius 2 is 1.88 bits per heavy atom. The number of hydrogen-bond donors (Lipinski definition) is 1. The van der Waals surface area contributed by atoms with Crippen LogP contribution >= 0.6 is 0 Å². The molecule has 1 rings (SSSR count). The lowest BCUT2D eigenvalue weighted by atomic mass is 9.96. The standard InChI is InChI=1S/C15H25N/c1-4-5-6-7-8-15(16)14-10-9-12(2)11-13(14)3/h9-11,15H,4-8,16H2,1-3H3. The molecule has 1 aromatic rings. The Morgan fingerprint density at radius 3 is 2.50 bits per heavy atom. The minimum absolute atomic E-state index is 0.220. The van der Waals surface area contributed by atoms with Crippen molar-refractivity contribution in [3.63, 3.8) is 0 Å². The molecule has 0 spiro atoms. The summed E-state index contributed by atoms with van der Waals surface area (Å²) >= 11 is 0. The molecule has 90 valence electrons. The molecule has 2 N–H and O–H groups in total. The lowest BCUT2D eigenvalue weighted by Gasteiger charge is -2.15. The molecular weight excluding hydrogens is 194 g/mol. The third kappa shape index (κ3) is 3.97. The average molecular weight is 219 g/mol. The van der Waals surface area contributed by atoms with E-state index in [-0.39, 0.29) is 6.04 Å². The van der Waals surface area contributed by atoms with Crippen molar-refractivity contribution in [1.82, 2.24) is 0 Å². The molecule has 1 heteroatoms. The molecule has 0 fully saturated rings. The molecule has 1 unspecified atom stereocenters. The average Bonchev–Trinajstić information content (AvgIpc) is 2.24. The predicted octanol–water partition coefficient (Wildman–Crippen LogP) is 4.27. The largest absolute Gasteiger partial charge is 0.324 e. The second kappa shape index (κ2) is 6.70. The Balaban J connectivity index is 2.49. The molecule has 0 aliphatic carbocycles. The van der Waals surface area contributed by atoms with Crippen molar-refractivity contribution in [2.24, 2.45) is 5.73 Å². The Hall–Kier alpha value is -0.820. The van der Waals surface area contributed by atoms with Crippen molar-refractivity contribution in [2.75, 3.05) is 0 Å². The molecule has 0 bridgehead atoms. The van der Waals surface area contributed by atoms with Gasteiger partial charge in [-0.1, -0.05) is 56.4 Å². The van der Waals surface area contributed by atoms with E-state index in [0.717, 1.165) is 6.42 Å². The zero-order chi connectivity index (χ0) is 12.0. The third-order valence-corrected chi connectivity index (χ3v) is 3.19. The van der Waals surface area contributed by atoms with Crippen LogP contribution in [-0.4, -0.2) is 0 Å². The molecule has 0 heterocycles. The van der Waals surface area contributed by atoms with Crippen LogP contribution in [0.1, 0.15) is 61.8 Å². The van der Waals surface area contributed by atoms with Crippen LogP contribution in [-0.2, 0) is 0 Å². The number of aryl methyl sites for hydroxylation is 2. The first kappa shape index (κ1) is 13.2. The monoisotopic (exact) mass is 219 g/mol. The van der Waals surface area contributed by atoms with Crippen LogP contribution in [0.15, 0.2) is 18.2 Å². The van der Waals surface area contributed by atoms with E-state index < -0.39 is 0 Å². The lowest BCUT2D eigenvalue weighted by Crippen LogP contribution is -2.11. The number of unbranched alkanes of at least 4 members (excludes halogenated alkanes) is 3. The van der Waals surface area contributed by atoms with E-state index in [2.05, 4.69) is 39.0 Å². The van der Waals surface area contributed by atoms with Crippen LogP contribution in [0.25, 0.3) is 0 Å². The summed E-state index contributed by atoms with van der Waals surface area (Å²) in [6, 6.07) is 6.79. The zero-order valence-electron chi connectivity index (χ0n) is 10.9. The highest BCUT2D eigenvalue weighted by Gasteiger charge is 2.08. The smallest absolute Gasteiger partial charge is 0.0297 e. The minimum atomic E-state index is 0.220. The van der Waals surface area contributed by atoms with E-state index in [1.165, 1.54) is 42.4 Å². The van der Waals surface area contributed by atoms with Crippen LogP contribution in [0, 0.1) is 13.8 Å². The second-order valence-corrected chi connectivity index (χ2v) is 4.82. The van der Waals surface area contributed by atoms with Gasteiger partial charge in [-0.05, 0) is 31.4 Å². The first-order chi connectivity index (χ1) is 7.65. The molecule has 0 aromatic heterocycles. The molecule has 16 heavy (non-hydrogen) atoms. The van der Waals surface area contributed by atoms with Gasteiger partial charge in [0.25, 0.3) is 0 Å². The molecule has 0 saturated carbocycles. The fraction of sp³-hybridized carbons (Fsp3) is 0.600.